The van der Waals surface area contributed by atoms with Crippen LogP contribution in [0.2, 0.25) is 0 Å². The number of rotatable bonds is 3. The lowest BCUT2D eigenvalue weighted by Crippen LogP contribution is -2.68. The first kappa shape index (κ1) is 13.4. The van der Waals surface area contributed by atoms with Crippen LogP contribution < -0.4 is 9.64 Å². The molecule has 0 unspecified atom stereocenters. The maximum absolute atomic E-state index is 12.8. The molecular weight excluding hydrogens is 282 g/mol. The molecule has 0 aliphatic carbocycles. The quantitative estimate of drug-likeness (QED) is 0.818. The Morgan fingerprint density at radius 1 is 1.27 bits per heavy atom. The smallest absolute Gasteiger partial charge is 0.262 e. The van der Waals surface area contributed by atoms with E-state index in [4.69, 9.17) is 13.9 Å². The average Bonchev–Trinajstić information content (AvgIpc) is 3.24. The summed E-state index contributed by atoms with van der Waals surface area (Å²) in [6, 6.07) is 11.0. The second-order valence-electron chi connectivity index (χ2n) is 5.63. The molecule has 3 heterocycles. The fourth-order valence-corrected chi connectivity index (χ4v) is 3.44. The van der Waals surface area contributed by atoms with E-state index in [-0.39, 0.29) is 11.9 Å². The second-order valence-corrected chi connectivity index (χ2v) is 5.63. The highest BCUT2D eigenvalue weighted by Crippen LogP contribution is 2.53. The maximum atomic E-state index is 12.8. The van der Waals surface area contributed by atoms with E-state index in [0.717, 1.165) is 30.0 Å². The van der Waals surface area contributed by atoms with Gasteiger partial charge in [0.2, 0.25) is 0 Å². The Hall–Kier alpha value is -2.27. The molecule has 0 N–H and O–H groups in total. The predicted molar refractivity (Wildman–Crippen MR) is 79.8 cm³/mol. The predicted octanol–water partition coefficient (Wildman–Crippen LogP) is 2.93. The standard InChI is InChI=1S/C17H17NO4/c1-20-13-7-5-12(6-8-13)18-15(14-4-2-10-21-14)17(16(18)19)9-3-11-22-17/h2,4-8,10,15H,3,9,11H2,1H3/t15-,17-/m1/s1. The van der Waals surface area contributed by atoms with E-state index in [9.17, 15) is 4.79 Å². The van der Waals surface area contributed by atoms with E-state index in [2.05, 4.69) is 0 Å². The van der Waals surface area contributed by atoms with Crippen LogP contribution in [0.25, 0.3) is 0 Å². The van der Waals surface area contributed by atoms with Crippen LogP contribution in [-0.2, 0) is 9.53 Å². The first-order chi connectivity index (χ1) is 10.8. The molecule has 0 saturated carbocycles. The Morgan fingerprint density at radius 3 is 2.68 bits per heavy atom. The second kappa shape index (κ2) is 4.88. The van der Waals surface area contributed by atoms with E-state index in [0.29, 0.717) is 6.61 Å². The van der Waals surface area contributed by atoms with Gasteiger partial charge in [0.25, 0.3) is 5.91 Å². The first-order valence-corrected chi connectivity index (χ1v) is 7.41. The minimum absolute atomic E-state index is 0.0107. The van der Waals surface area contributed by atoms with E-state index >= 15 is 0 Å². The Bertz CT molecular complexity index is 671. The summed E-state index contributed by atoms with van der Waals surface area (Å²) in [5, 5.41) is 0. The zero-order valence-electron chi connectivity index (χ0n) is 12.3. The molecule has 1 aromatic carbocycles. The summed E-state index contributed by atoms with van der Waals surface area (Å²) < 4.78 is 16.6. The van der Waals surface area contributed by atoms with Crippen molar-refractivity contribution in [1.82, 2.24) is 0 Å². The van der Waals surface area contributed by atoms with Crippen LogP contribution >= 0.6 is 0 Å². The van der Waals surface area contributed by atoms with Crippen molar-refractivity contribution in [3.05, 3.63) is 48.4 Å². The molecule has 2 atom stereocenters. The van der Waals surface area contributed by atoms with Gasteiger partial charge in [0.1, 0.15) is 17.6 Å². The molecule has 1 amide bonds. The molecule has 2 fully saturated rings. The van der Waals surface area contributed by atoms with Crippen molar-refractivity contribution in [2.45, 2.75) is 24.5 Å². The van der Waals surface area contributed by atoms with Gasteiger partial charge in [0.05, 0.1) is 13.4 Å². The third-order valence-corrected chi connectivity index (χ3v) is 4.50. The molecule has 22 heavy (non-hydrogen) atoms. The highest BCUT2D eigenvalue weighted by molar-refractivity contribution is 6.08. The number of carbonyl (C=O) groups excluding carboxylic acids is 1. The van der Waals surface area contributed by atoms with Crippen LogP contribution in [0.15, 0.2) is 47.1 Å². The number of benzene rings is 1. The molecule has 4 rings (SSSR count). The number of hydrogen-bond acceptors (Lipinski definition) is 4. The number of β-lactam (4-membered cyclic amide) rings is 1. The Morgan fingerprint density at radius 2 is 2.09 bits per heavy atom. The van der Waals surface area contributed by atoms with Crippen LogP contribution in [0.3, 0.4) is 0 Å². The number of carbonyl (C=O) groups is 1. The summed E-state index contributed by atoms with van der Waals surface area (Å²) >= 11 is 0. The van der Waals surface area contributed by atoms with Crippen molar-refractivity contribution in [1.29, 1.82) is 0 Å². The number of nitrogens with zero attached hydrogens (tertiary/aromatic N) is 1. The average molecular weight is 299 g/mol. The maximum Gasteiger partial charge on any atom is 0.262 e. The van der Waals surface area contributed by atoms with Gasteiger partial charge in [-0.2, -0.15) is 0 Å². The van der Waals surface area contributed by atoms with Gasteiger partial charge >= 0.3 is 0 Å². The van der Waals surface area contributed by atoms with Gasteiger partial charge in [-0.15, -0.1) is 0 Å². The van der Waals surface area contributed by atoms with Crippen LogP contribution in [0.5, 0.6) is 5.75 Å². The van der Waals surface area contributed by atoms with Crippen molar-refractivity contribution < 1.29 is 18.7 Å². The third kappa shape index (κ3) is 1.72. The van der Waals surface area contributed by atoms with Crippen molar-refractivity contribution in [2.75, 3.05) is 18.6 Å². The molecule has 2 aliphatic rings. The first-order valence-electron chi connectivity index (χ1n) is 7.41. The van der Waals surface area contributed by atoms with Gasteiger partial charge in [-0.25, -0.2) is 0 Å². The summed E-state index contributed by atoms with van der Waals surface area (Å²) in [4.78, 5) is 14.5. The molecule has 2 saturated heterocycles. The fourth-order valence-electron chi connectivity index (χ4n) is 3.44. The van der Waals surface area contributed by atoms with E-state index in [1.807, 2.05) is 36.4 Å². The van der Waals surface area contributed by atoms with Crippen molar-refractivity contribution in [2.24, 2.45) is 0 Å². The minimum atomic E-state index is -0.752. The summed E-state index contributed by atoms with van der Waals surface area (Å²) in [5.41, 5.74) is 0.0750. The molecule has 2 aromatic rings. The third-order valence-electron chi connectivity index (χ3n) is 4.50. The lowest BCUT2D eigenvalue weighted by Gasteiger charge is -2.52. The summed E-state index contributed by atoms with van der Waals surface area (Å²) in [7, 11) is 1.62. The zero-order chi connectivity index (χ0) is 15.2. The van der Waals surface area contributed by atoms with Crippen molar-refractivity contribution in [3.63, 3.8) is 0 Å². The summed E-state index contributed by atoms with van der Waals surface area (Å²) in [6.45, 7) is 0.624. The van der Waals surface area contributed by atoms with Gasteiger partial charge < -0.3 is 13.9 Å². The SMILES string of the molecule is COc1ccc(N2C(=O)[C@@]3(CCCO3)[C@H]2c2ccco2)cc1. The summed E-state index contributed by atoms with van der Waals surface area (Å²) in [5.74, 6) is 1.53. The van der Waals surface area contributed by atoms with Gasteiger partial charge in [-0.3, -0.25) is 9.69 Å². The summed E-state index contributed by atoms with van der Waals surface area (Å²) in [6.07, 6.45) is 3.27. The fraction of sp³-hybridized carbons (Fsp3) is 0.353. The molecule has 1 spiro atoms. The van der Waals surface area contributed by atoms with Gasteiger partial charge in [-0.1, -0.05) is 0 Å². The van der Waals surface area contributed by atoms with Gasteiger partial charge in [0.15, 0.2) is 5.60 Å². The number of methoxy groups -OCH3 is 1. The molecule has 114 valence electrons. The topological polar surface area (TPSA) is 51.9 Å². The van der Waals surface area contributed by atoms with Crippen LogP contribution in [0.4, 0.5) is 5.69 Å². The molecule has 0 radical (unpaired) electrons. The van der Waals surface area contributed by atoms with Crippen molar-refractivity contribution in [3.8, 4) is 5.75 Å². The van der Waals surface area contributed by atoms with E-state index in [1.165, 1.54) is 0 Å². The van der Waals surface area contributed by atoms with Gasteiger partial charge in [-0.05, 0) is 49.2 Å². The molecule has 0 bridgehead atoms. The number of ether oxygens (including phenoxy) is 2. The molecule has 1 aromatic heterocycles. The van der Waals surface area contributed by atoms with Crippen LogP contribution in [-0.4, -0.2) is 25.2 Å². The normalized spacial score (nSPS) is 27.2. The van der Waals surface area contributed by atoms with Crippen LogP contribution in [0.1, 0.15) is 24.6 Å². The Balaban J connectivity index is 1.73. The van der Waals surface area contributed by atoms with Crippen molar-refractivity contribution >= 4 is 11.6 Å². The largest absolute Gasteiger partial charge is 0.497 e. The van der Waals surface area contributed by atoms with Gasteiger partial charge in [0, 0.05) is 12.3 Å². The molecule has 2 aliphatic heterocycles. The highest BCUT2D eigenvalue weighted by Gasteiger charge is 2.65. The molecular formula is C17H17NO4. The Labute approximate surface area is 128 Å². The lowest BCUT2D eigenvalue weighted by molar-refractivity contribution is -0.157. The van der Waals surface area contributed by atoms with E-state index in [1.54, 1.807) is 18.3 Å². The highest BCUT2D eigenvalue weighted by atomic mass is 16.5. The molecule has 5 nitrogen and oxygen atoms in total. The minimum Gasteiger partial charge on any atom is -0.497 e. The Kier molecular flexibility index (Phi) is 2.97. The monoisotopic (exact) mass is 299 g/mol. The number of furan rings is 1. The zero-order valence-corrected chi connectivity index (χ0v) is 12.3. The lowest BCUT2D eigenvalue weighted by atomic mass is 9.78. The number of amides is 1. The van der Waals surface area contributed by atoms with Crippen LogP contribution in [0, 0.1) is 0 Å². The number of hydrogen-bond donors (Lipinski definition) is 0. The van der Waals surface area contributed by atoms with E-state index < -0.39 is 5.60 Å². The number of anilines is 1. The molecule has 5 heteroatoms.